The molecule has 19 heavy (non-hydrogen) atoms. The van der Waals surface area contributed by atoms with Gasteiger partial charge in [-0.15, -0.1) is 0 Å². The third-order valence-electron chi connectivity index (χ3n) is 2.70. The minimum absolute atomic E-state index is 0.0820. The Morgan fingerprint density at radius 1 is 1.42 bits per heavy atom. The molecule has 0 aliphatic carbocycles. The molecule has 3 N–H and O–H groups in total. The highest BCUT2D eigenvalue weighted by Gasteiger charge is 2.14. The van der Waals surface area contributed by atoms with E-state index in [-0.39, 0.29) is 12.5 Å². The number of rotatable bonds is 5. The molecule has 0 heterocycles. The molecule has 0 aliphatic heterocycles. The Kier molecular flexibility index (Phi) is 5.82. The fourth-order valence-corrected chi connectivity index (χ4v) is 1.94. The van der Waals surface area contributed by atoms with Gasteiger partial charge in [-0.2, -0.15) is 0 Å². The smallest absolute Gasteiger partial charge is 0.319 e. The molecule has 5 nitrogen and oxygen atoms in total. The molecule has 0 saturated carbocycles. The first-order valence-corrected chi connectivity index (χ1v) is 6.77. The number of amides is 2. The van der Waals surface area contributed by atoms with Gasteiger partial charge in [0.05, 0.1) is 6.42 Å². The molecule has 1 aromatic rings. The van der Waals surface area contributed by atoms with Gasteiger partial charge in [-0.3, -0.25) is 4.79 Å². The van der Waals surface area contributed by atoms with Gasteiger partial charge >= 0.3 is 12.0 Å². The van der Waals surface area contributed by atoms with Gasteiger partial charge in [0.25, 0.3) is 0 Å². The second-order valence-electron chi connectivity index (χ2n) is 4.26. The van der Waals surface area contributed by atoms with E-state index >= 15 is 0 Å². The molecule has 2 amide bonds. The van der Waals surface area contributed by atoms with Crippen LogP contribution in [0.4, 0.5) is 10.5 Å². The van der Waals surface area contributed by atoms with Gasteiger partial charge in [-0.25, -0.2) is 4.79 Å². The fourth-order valence-electron chi connectivity index (χ4n) is 1.58. The van der Waals surface area contributed by atoms with E-state index in [1.807, 2.05) is 26.0 Å². The number of aryl methyl sites for hydroxylation is 1. The van der Waals surface area contributed by atoms with Crippen LogP contribution in [0.1, 0.15) is 25.3 Å². The Hall–Kier alpha value is -1.56. The first-order valence-electron chi connectivity index (χ1n) is 5.97. The Morgan fingerprint density at radius 2 is 2.11 bits per heavy atom. The zero-order valence-corrected chi connectivity index (χ0v) is 12.5. The average molecular weight is 329 g/mol. The number of benzene rings is 1. The summed E-state index contributed by atoms with van der Waals surface area (Å²) in [7, 11) is 0. The van der Waals surface area contributed by atoms with Crippen molar-refractivity contribution in [2.24, 2.45) is 0 Å². The molecule has 0 bridgehead atoms. The molecule has 1 unspecified atom stereocenters. The van der Waals surface area contributed by atoms with Gasteiger partial charge < -0.3 is 15.7 Å². The molecule has 0 aliphatic rings. The van der Waals surface area contributed by atoms with Crippen LogP contribution in [0.2, 0.25) is 0 Å². The Labute approximate surface area is 120 Å². The first-order chi connectivity index (χ1) is 8.92. The van der Waals surface area contributed by atoms with Crippen molar-refractivity contribution in [1.29, 1.82) is 0 Å². The number of hydrogen-bond acceptors (Lipinski definition) is 2. The van der Waals surface area contributed by atoms with Gasteiger partial charge in [0.1, 0.15) is 0 Å². The van der Waals surface area contributed by atoms with Crippen LogP contribution in [0.25, 0.3) is 0 Å². The van der Waals surface area contributed by atoms with Crippen molar-refractivity contribution in [1.82, 2.24) is 5.32 Å². The average Bonchev–Trinajstić information content (AvgIpc) is 2.32. The summed E-state index contributed by atoms with van der Waals surface area (Å²) >= 11 is 3.33. The normalized spacial score (nSPS) is 11.7. The third kappa shape index (κ3) is 5.30. The van der Waals surface area contributed by atoms with Crippen LogP contribution in [-0.4, -0.2) is 23.1 Å². The lowest BCUT2D eigenvalue weighted by Gasteiger charge is -2.16. The largest absolute Gasteiger partial charge is 0.481 e. The predicted octanol–water partition coefficient (Wildman–Crippen LogP) is 3.13. The van der Waals surface area contributed by atoms with E-state index in [1.165, 1.54) is 0 Å². The molecule has 6 heteroatoms. The van der Waals surface area contributed by atoms with E-state index in [2.05, 4.69) is 26.6 Å². The number of carbonyl (C=O) groups is 2. The maximum Gasteiger partial charge on any atom is 0.319 e. The Morgan fingerprint density at radius 3 is 2.68 bits per heavy atom. The number of carboxylic acid groups (broad SMARTS) is 1. The standard InChI is InChI=1S/C13H17BrN2O3/c1-3-10(7-12(17)18)15-13(19)16-11-6-9(14)5-4-8(11)2/h4-6,10H,3,7H2,1-2H3,(H,17,18)(H2,15,16,19). The van der Waals surface area contributed by atoms with E-state index < -0.39 is 12.0 Å². The minimum Gasteiger partial charge on any atom is -0.481 e. The minimum atomic E-state index is -0.925. The van der Waals surface area contributed by atoms with Crippen molar-refractivity contribution in [3.8, 4) is 0 Å². The van der Waals surface area contributed by atoms with Crippen LogP contribution in [-0.2, 0) is 4.79 Å². The van der Waals surface area contributed by atoms with Gasteiger partial charge in [0.2, 0.25) is 0 Å². The van der Waals surface area contributed by atoms with Gasteiger partial charge in [-0.1, -0.05) is 28.9 Å². The molecule has 0 spiro atoms. The van der Waals surface area contributed by atoms with Crippen molar-refractivity contribution in [3.63, 3.8) is 0 Å². The topological polar surface area (TPSA) is 78.4 Å². The van der Waals surface area contributed by atoms with Crippen molar-refractivity contribution in [3.05, 3.63) is 28.2 Å². The summed E-state index contributed by atoms with van der Waals surface area (Å²) in [4.78, 5) is 22.4. The van der Waals surface area contributed by atoms with E-state index in [4.69, 9.17) is 5.11 Å². The van der Waals surface area contributed by atoms with Crippen molar-refractivity contribution < 1.29 is 14.7 Å². The van der Waals surface area contributed by atoms with E-state index in [9.17, 15) is 9.59 Å². The lowest BCUT2D eigenvalue weighted by molar-refractivity contribution is -0.137. The quantitative estimate of drug-likeness (QED) is 0.776. The lowest BCUT2D eigenvalue weighted by Crippen LogP contribution is -2.39. The number of urea groups is 1. The van der Waals surface area contributed by atoms with E-state index in [0.29, 0.717) is 12.1 Å². The highest BCUT2D eigenvalue weighted by molar-refractivity contribution is 9.10. The highest BCUT2D eigenvalue weighted by atomic mass is 79.9. The summed E-state index contributed by atoms with van der Waals surface area (Å²) in [6, 6.07) is 4.80. The number of carboxylic acids is 1. The number of nitrogens with one attached hydrogen (secondary N) is 2. The predicted molar refractivity (Wildman–Crippen MR) is 77.4 cm³/mol. The molecule has 0 fully saturated rings. The summed E-state index contributed by atoms with van der Waals surface area (Å²) in [5.41, 5.74) is 1.63. The maximum atomic E-state index is 11.8. The first kappa shape index (κ1) is 15.5. The second-order valence-corrected chi connectivity index (χ2v) is 5.18. The fraction of sp³-hybridized carbons (Fsp3) is 0.385. The van der Waals surface area contributed by atoms with Crippen molar-refractivity contribution >= 4 is 33.6 Å². The summed E-state index contributed by atoms with van der Waals surface area (Å²) in [6.07, 6.45) is 0.485. The molecule has 0 saturated heterocycles. The van der Waals surface area contributed by atoms with Crippen LogP contribution in [0, 0.1) is 6.92 Å². The lowest BCUT2D eigenvalue weighted by atomic mass is 10.1. The van der Waals surface area contributed by atoms with Crippen LogP contribution in [0.15, 0.2) is 22.7 Å². The summed E-state index contributed by atoms with van der Waals surface area (Å²) in [5, 5.41) is 14.1. The summed E-state index contributed by atoms with van der Waals surface area (Å²) in [5.74, 6) is -0.925. The number of hydrogen-bond donors (Lipinski definition) is 3. The summed E-state index contributed by atoms with van der Waals surface area (Å²) in [6.45, 7) is 3.72. The molecule has 104 valence electrons. The monoisotopic (exact) mass is 328 g/mol. The van der Waals surface area contributed by atoms with Crippen molar-refractivity contribution in [2.75, 3.05) is 5.32 Å². The highest BCUT2D eigenvalue weighted by Crippen LogP contribution is 2.20. The van der Waals surface area contributed by atoms with Gasteiger partial charge in [0.15, 0.2) is 0 Å². The number of halogens is 1. The zero-order valence-electron chi connectivity index (χ0n) is 10.9. The molecule has 1 aromatic carbocycles. The Balaban J connectivity index is 2.63. The number of anilines is 1. The molecule has 1 atom stereocenters. The van der Waals surface area contributed by atoms with Crippen molar-refractivity contribution in [2.45, 2.75) is 32.7 Å². The van der Waals surface area contributed by atoms with Gasteiger partial charge in [-0.05, 0) is 31.0 Å². The van der Waals surface area contributed by atoms with Crippen LogP contribution >= 0.6 is 15.9 Å². The van der Waals surface area contributed by atoms with Crippen LogP contribution < -0.4 is 10.6 Å². The van der Waals surface area contributed by atoms with Gasteiger partial charge in [0, 0.05) is 16.2 Å². The van der Waals surface area contributed by atoms with Crippen LogP contribution in [0.5, 0.6) is 0 Å². The Bertz CT molecular complexity index is 477. The molecule has 0 aromatic heterocycles. The second kappa shape index (κ2) is 7.13. The SMILES string of the molecule is CCC(CC(=O)O)NC(=O)Nc1cc(Br)ccc1C. The third-order valence-corrected chi connectivity index (χ3v) is 3.19. The molecular formula is C13H17BrN2O3. The maximum absolute atomic E-state index is 11.8. The molecule has 0 radical (unpaired) electrons. The number of carbonyl (C=O) groups excluding carboxylic acids is 1. The number of aliphatic carboxylic acids is 1. The molecular weight excluding hydrogens is 312 g/mol. The van der Waals surface area contributed by atoms with Crippen LogP contribution in [0.3, 0.4) is 0 Å². The summed E-state index contributed by atoms with van der Waals surface area (Å²) < 4.78 is 0.867. The van der Waals surface area contributed by atoms with E-state index in [0.717, 1.165) is 10.0 Å². The molecule has 1 rings (SSSR count). The zero-order chi connectivity index (χ0) is 14.4. The van der Waals surface area contributed by atoms with E-state index in [1.54, 1.807) is 6.07 Å².